The number of benzene rings is 2. The molecule has 2 fully saturated rings. The molecule has 11 heteroatoms. The Morgan fingerprint density at radius 1 is 1.10 bits per heavy atom. The van der Waals surface area contributed by atoms with Crippen molar-refractivity contribution in [2.75, 3.05) is 7.05 Å². The molecule has 0 bridgehead atoms. The number of amides is 2. The predicted molar refractivity (Wildman–Crippen MR) is 149 cm³/mol. The normalized spacial score (nSPS) is 24.3. The van der Waals surface area contributed by atoms with E-state index in [4.69, 9.17) is 23.2 Å². The lowest BCUT2D eigenvalue weighted by molar-refractivity contribution is -0.163. The van der Waals surface area contributed by atoms with Crippen molar-refractivity contribution in [3.63, 3.8) is 0 Å². The van der Waals surface area contributed by atoms with Gasteiger partial charge in [0.2, 0.25) is 15.9 Å². The van der Waals surface area contributed by atoms with Crippen LogP contribution < -0.4 is 0 Å². The molecule has 8 nitrogen and oxygen atoms in total. The lowest BCUT2D eigenvalue weighted by Crippen LogP contribution is -2.60. The maximum atomic E-state index is 14.3. The number of likely N-dealkylation sites (N-methyl/N-ethyl adjacent to an activating group) is 1. The Balaban J connectivity index is 1.91. The minimum absolute atomic E-state index is 0.130. The van der Waals surface area contributed by atoms with Gasteiger partial charge in [-0.05, 0) is 61.1 Å². The second-order valence-corrected chi connectivity index (χ2v) is 13.8. The van der Waals surface area contributed by atoms with Gasteiger partial charge in [-0.1, -0.05) is 61.3 Å². The van der Waals surface area contributed by atoms with Crippen LogP contribution in [0, 0.1) is 5.41 Å². The average Bonchev–Trinajstić information content (AvgIpc) is 3.73. The molecular formula is C28H32Cl2N2O6S. The van der Waals surface area contributed by atoms with Crippen molar-refractivity contribution in [3.8, 4) is 0 Å². The van der Waals surface area contributed by atoms with E-state index in [0.717, 1.165) is 9.87 Å². The number of likely N-dealkylation sites (tertiary alicyclic amines) is 1. The number of piperidine rings is 1. The minimum atomic E-state index is -3.87. The van der Waals surface area contributed by atoms with Gasteiger partial charge in [-0.2, -0.15) is 0 Å². The molecule has 4 rings (SSSR count). The summed E-state index contributed by atoms with van der Waals surface area (Å²) >= 11 is 12.5. The van der Waals surface area contributed by atoms with Crippen LogP contribution in [0.25, 0.3) is 0 Å². The molecule has 1 heterocycles. The van der Waals surface area contributed by atoms with E-state index >= 15 is 0 Å². The highest BCUT2D eigenvalue weighted by molar-refractivity contribution is 7.90. The highest BCUT2D eigenvalue weighted by atomic mass is 35.5. The number of hydrogen-bond acceptors (Lipinski definition) is 5. The molecular weight excluding hydrogens is 563 g/mol. The summed E-state index contributed by atoms with van der Waals surface area (Å²) in [5.74, 6) is -2.82. The number of carbonyl (C=O) groups is 3. The molecule has 2 aromatic carbocycles. The lowest BCUT2D eigenvalue weighted by Gasteiger charge is -2.51. The Morgan fingerprint density at radius 2 is 1.74 bits per heavy atom. The van der Waals surface area contributed by atoms with E-state index in [2.05, 4.69) is 0 Å². The summed E-state index contributed by atoms with van der Waals surface area (Å²) in [6.45, 7) is 3.30. The van der Waals surface area contributed by atoms with E-state index in [-0.39, 0.29) is 12.8 Å². The fourth-order valence-corrected chi connectivity index (χ4v) is 7.51. The van der Waals surface area contributed by atoms with E-state index in [1.165, 1.54) is 11.9 Å². The molecule has 39 heavy (non-hydrogen) atoms. The summed E-state index contributed by atoms with van der Waals surface area (Å²) in [6.07, 6.45) is 0.835. The van der Waals surface area contributed by atoms with Crippen molar-refractivity contribution in [2.24, 2.45) is 5.41 Å². The second-order valence-electron chi connectivity index (χ2n) is 10.7. The zero-order chi connectivity index (χ0) is 28.7. The van der Waals surface area contributed by atoms with Crippen molar-refractivity contribution in [1.82, 2.24) is 9.21 Å². The first-order valence-electron chi connectivity index (χ1n) is 12.9. The SMILES string of the molecule is CC[C@@H](C(=O)N(C)S(=O)(=O)C1CC1)N1C(=O)[C@@](C)(CC(=O)O)C[C@H](c2cccc(Cl)c2)[C@H]1c1ccc(Cl)cc1. The fourth-order valence-electron chi connectivity index (χ4n) is 5.64. The number of carbonyl (C=O) groups excluding carboxylic acids is 2. The van der Waals surface area contributed by atoms with Gasteiger partial charge in [0, 0.05) is 23.0 Å². The van der Waals surface area contributed by atoms with Gasteiger partial charge in [-0.15, -0.1) is 0 Å². The summed E-state index contributed by atoms with van der Waals surface area (Å²) in [6, 6.07) is 12.2. The molecule has 0 spiro atoms. The third kappa shape index (κ3) is 5.81. The number of carboxylic acid groups (broad SMARTS) is 1. The quantitative estimate of drug-likeness (QED) is 0.423. The first-order valence-corrected chi connectivity index (χ1v) is 15.1. The maximum absolute atomic E-state index is 14.3. The summed E-state index contributed by atoms with van der Waals surface area (Å²) in [4.78, 5) is 41.5. The Morgan fingerprint density at radius 3 is 2.28 bits per heavy atom. The van der Waals surface area contributed by atoms with Gasteiger partial charge in [-0.25, -0.2) is 12.7 Å². The van der Waals surface area contributed by atoms with E-state index in [0.29, 0.717) is 28.5 Å². The van der Waals surface area contributed by atoms with Crippen LogP contribution in [0.3, 0.4) is 0 Å². The smallest absolute Gasteiger partial charge is 0.304 e. The predicted octanol–water partition coefficient (Wildman–Crippen LogP) is 5.26. The lowest BCUT2D eigenvalue weighted by atomic mass is 9.67. The van der Waals surface area contributed by atoms with Gasteiger partial charge >= 0.3 is 5.97 Å². The van der Waals surface area contributed by atoms with E-state index in [1.807, 2.05) is 6.07 Å². The summed E-state index contributed by atoms with van der Waals surface area (Å²) in [5.41, 5.74) is 0.107. The number of hydrogen-bond donors (Lipinski definition) is 1. The van der Waals surface area contributed by atoms with Crippen LogP contribution in [0.15, 0.2) is 48.5 Å². The van der Waals surface area contributed by atoms with Crippen LogP contribution in [0.2, 0.25) is 10.0 Å². The summed E-state index contributed by atoms with van der Waals surface area (Å²) in [7, 11) is -2.63. The van der Waals surface area contributed by atoms with Gasteiger partial charge in [0.15, 0.2) is 0 Å². The number of rotatable bonds is 9. The number of halogens is 2. The van der Waals surface area contributed by atoms with Crippen molar-refractivity contribution in [2.45, 2.75) is 69.2 Å². The number of aliphatic carboxylic acids is 1. The molecule has 2 aromatic rings. The van der Waals surface area contributed by atoms with Gasteiger partial charge in [0.05, 0.1) is 23.1 Å². The van der Waals surface area contributed by atoms with Gasteiger partial charge < -0.3 is 10.0 Å². The fraction of sp³-hybridized carbons (Fsp3) is 0.464. The van der Waals surface area contributed by atoms with Crippen molar-refractivity contribution in [3.05, 3.63) is 69.7 Å². The Bertz CT molecular complexity index is 1380. The third-order valence-electron chi connectivity index (χ3n) is 7.78. The van der Waals surface area contributed by atoms with E-state index in [1.54, 1.807) is 56.3 Å². The number of nitrogens with zero attached hydrogens (tertiary/aromatic N) is 2. The molecule has 4 atom stereocenters. The molecule has 1 N–H and O–H groups in total. The standard InChI is InChI=1S/C28H32Cl2N2O6S/c1-4-23(26(35)31(3)39(37,38)21-12-13-21)32-25(17-8-10-19(29)11-9-17)22(18-6-5-7-20(30)14-18)15-28(2,27(32)36)16-24(33)34/h5-11,14,21-23,25H,4,12-13,15-16H2,1-3H3,(H,33,34)/t22-,23+,25-,28-/m1/s1. The molecule has 210 valence electrons. The second kappa shape index (κ2) is 11.1. The number of sulfonamides is 1. The monoisotopic (exact) mass is 594 g/mol. The molecule has 1 aliphatic carbocycles. The summed E-state index contributed by atoms with van der Waals surface area (Å²) < 4.78 is 26.8. The first-order chi connectivity index (χ1) is 18.3. The first kappa shape index (κ1) is 29.4. The van der Waals surface area contributed by atoms with Crippen molar-refractivity contribution in [1.29, 1.82) is 0 Å². The maximum Gasteiger partial charge on any atom is 0.304 e. The molecule has 0 radical (unpaired) electrons. The van der Waals surface area contributed by atoms with Crippen molar-refractivity contribution >= 4 is 51.0 Å². The highest BCUT2D eigenvalue weighted by Crippen LogP contribution is 2.52. The van der Waals surface area contributed by atoms with Gasteiger partial charge in [0.25, 0.3) is 5.91 Å². The van der Waals surface area contributed by atoms with E-state index < -0.39 is 62.9 Å². The van der Waals surface area contributed by atoms with E-state index in [9.17, 15) is 27.9 Å². The van der Waals surface area contributed by atoms with Gasteiger partial charge in [0.1, 0.15) is 6.04 Å². The third-order valence-corrected chi connectivity index (χ3v) is 10.5. The topological polar surface area (TPSA) is 112 Å². The Kier molecular flexibility index (Phi) is 8.36. The van der Waals surface area contributed by atoms with Crippen molar-refractivity contribution < 1.29 is 27.9 Å². The van der Waals surface area contributed by atoms with Crippen LogP contribution in [0.1, 0.15) is 69.0 Å². The largest absolute Gasteiger partial charge is 0.481 e. The van der Waals surface area contributed by atoms with Crippen LogP contribution in [-0.4, -0.2) is 58.9 Å². The highest BCUT2D eigenvalue weighted by Gasteiger charge is 2.54. The molecule has 0 aromatic heterocycles. The Hall–Kier alpha value is -2.62. The van der Waals surface area contributed by atoms with Crippen LogP contribution in [-0.2, 0) is 24.4 Å². The van der Waals surface area contributed by atoms with Crippen LogP contribution in [0.4, 0.5) is 0 Å². The molecule has 1 aliphatic heterocycles. The minimum Gasteiger partial charge on any atom is -0.481 e. The zero-order valence-corrected chi connectivity index (χ0v) is 24.3. The number of carboxylic acids is 1. The molecule has 2 amide bonds. The van der Waals surface area contributed by atoms with Crippen LogP contribution in [0.5, 0.6) is 0 Å². The zero-order valence-electron chi connectivity index (χ0n) is 22.0. The summed E-state index contributed by atoms with van der Waals surface area (Å²) in [5, 5.41) is 10.1. The molecule has 1 saturated heterocycles. The van der Waals surface area contributed by atoms with Crippen LogP contribution >= 0.6 is 23.2 Å². The molecule has 0 unspecified atom stereocenters. The van der Waals surface area contributed by atoms with Gasteiger partial charge in [-0.3, -0.25) is 14.4 Å². The molecule has 1 saturated carbocycles. The Labute approximate surface area is 238 Å². The molecule has 2 aliphatic rings. The average molecular weight is 596 g/mol.